The molecule has 0 fully saturated rings. The zero-order chi connectivity index (χ0) is 21.9. The second-order valence-corrected chi connectivity index (χ2v) is 7.13. The number of aldehydes is 1. The molecule has 5 heteroatoms. The number of hydrogen-bond donors (Lipinski definition) is 1. The van der Waals surface area contributed by atoms with Gasteiger partial charge in [0.15, 0.2) is 6.10 Å². The Morgan fingerprint density at radius 3 is 1.84 bits per heavy atom. The van der Waals surface area contributed by atoms with E-state index in [0.717, 1.165) is 17.4 Å². The van der Waals surface area contributed by atoms with Gasteiger partial charge >= 0.3 is 5.97 Å². The van der Waals surface area contributed by atoms with E-state index in [4.69, 9.17) is 4.74 Å². The maximum absolute atomic E-state index is 13.1. The average molecular weight is 415 g/mol. The summed E-state index contributed by atoms with van der Waals surface area (Å²) < 4.78 is 5.91. The van der Waals surface area contributed by atoms with Gasteiger partial charge in [-0.25, -0.2) is 4.79 Å². The summed E-state index contributed by atoms with van der Waals surface area (Å²) in [5.41, 5.74) is 2.13. The van der Waals surface area contributed by atoms with Crippen molar-refractivity contribution in [1.29, 1.82) is 0 Å². The normalized spacial score (nSPS) is 11.5. The molecule has 0 saturated carbocycles. The third-order valence-corrected chi connectivity index (χ3v) is 4.88. The summed E-state index contributed by atoms with van der Waals surface area (Å²) in [7, 11) is 0. The number of hydrogen-bond acceptors (Lipinski definition) is 4. The van der Waals surface area contributed by atoms with Crippen LogP contribution in [0, 0.1) is 0 Å². The molecule has 5 nitrogen and oxygen atoms in total. The van der Waals surface area contributed by atoms with Crippen LogP contribution in [0.15, 0.2) is 91.0 Å². The summed E-state index contributed by atoms with van der Waals surface area (Å²) in [6.45, 7) is 0. The highest BCUT2D eigenvalue weighted by Crippen LogP contribution is 2.26. The number of carbonyl (C=O) groups excluding carboxylic acids is 3. The number of nitrogens with one attached hydrogen (secondary N) is 1. The van der Waals surface area contributed by atoms with Crippen molar-refractivity contribution in [3.8, 4) is 0 Å². The van der Waals surface area contributed by atoms with Crippen LogP contribution in [-0.4, -0.2) is 24.2 Å². The van der Waals surface area contributed by atoms with E-state index >= 15 is 0 Å². The van der Waals surface area contributed by atoms with Crippen LogP contribution in [-0.2, 0) is 14.3 Å². The number of ether oxygens (including phenoxy) is 1. The SMILES string of the molecule is O=CCCCC(NC(=O)c1ccccc1)C(=O)OC(c1ccccc1)c1ccccc1. The molecule has 0 saturated heterocycles. The summed E-state index contributed by atoms with van der Waals surface area (Å²) in [5.74, 6) is -0.891. The van der Waals surface area contributed by atoms with Crippen LogP contribution in [0.3, 0.4) is 0 Å². The number of rotatable bonds is 10. The van der Waals surface area contributed by atoms with Gasteiger partial charge in [-0.15, -0.1) is 0 Å². The van der Waals surface area contributed by atoms with Crippen LogP contribution < -0.4 is 5.32 Å². The lowest BCUT2D eigenvalue weighted by Crippen LogP contribution is -2.42. The van der Waals surface area contributed by atoms with Crippen molar-refractivity contribution in [2.45, 2.75) is 31.4 Å². The summed E-state index contributed by atoms with van der Waals surface area (Å²) >= 11 is 0. The fourth-order valence-corrected chi connectivity index (χ4v) is 3.27. The molecule has 0 aromatic heterocycles. The van der Waals surface area contributed by atoms with Gasteiger partial charge in [0.1, 0.15) is 12.3 Å². The van der Waals surface area contributed by atoms with Crippen LogP contribution in [0.5, 0.6) is 0 Å². The highest BCUT2D eigenvalue weighted by atomic mass is 16.5. The number of benzene rings is 3. The zero-order valence-electron chi connectivity index (χ0n) is 17.1. The Bertz CT molecular complexity index is 935. The highest BCUT2D eigenvalue weighted by molar-refractivity contribution is 5.96. The van der Waals surface area contributed by atoms with Crippen molar-refractivity contribution < 1.29 is 19.1 Å². The molecule has 158 valence electrons. The first kappa shape index (κ1) is 22.0. The first-order valence-corrected chi connectivity index (χ1v) is 10.3. The molecular formula is C26H25NO4. The van der Waals surface area contributed by atoms with Gasteiger partial charge in [-0.1, -0.05) is 78.9 Å². The van der Waals surface area contributed by atoms with Gasteiger partial charge in [0.05, 0.1) is 0 Å². The molecular weight excluding hydrogens is 390 g/mol. The molecule has 1 amide bonds. The van der Waals surface area contributed by atoms with E-state index in [2.05, 4.69) is 5.32 Å². The van der Waals surface area contributed by atoms with Crippen molar-refractivity contribution >= 4 is 18.2 Å². The van der Waals surface area contributed by atoms with Crippen LogP contribution in [0.2, 0.25) is 0 Å². The van der Waals surface area contributed by atoms with Gasteiger partial charge in [-0.2, -0.15) is 0 Å². The summed E-state index contributed by atoms with van der Waals surface area (Å²) in [6, 6.07) is 26.8. The largest absolute Gasteiger partial charge is 0.451 e. The molecule has 0 bridgehead atoms. The van der Waals surface area contributed by atoms with Gasteiger partial charge < -0.3 is 14.8 Å². The molecule has 3 rings (SSSR count). The number of unbranched alkanes of at least 4 members (excludes halogenated alkanes) is 1. The molecule has 0 aliphatic carbocycles. The number of amides is 1. The van der Waals surface area contributed by atoms with Crippen LogP contribution in [0.25, 0.3) is 0 Å². The standard InChI is InChI=1S/C26H25NO4/c28-19-11-10-18-23(27-25(29)22-16-8-3-9-17-22)26(30)31-24(20-12-4-1-5-13-20)21-14-6-2-7-15-21/h1-9,12-17,19,23-24H,10-11,18H2,(H,27,29). The zero-order valence-corrected chi connectivity index (χ0v) is 17.1. The molecule has 3 aromatic rings. The second-order valence-electron chi connectivity index (χ2n) is 7.13. The minimum atomic E-state index is -0.859. The summed E-state index contributed by atoms with van der Waals surface area (Å²) in [5, 5.41) is 2.77. The molecule has 1 atom stereocenters. The predicted molar refractivity (Wildman–Crippen MR) is 118 cm³/mol. The van der Waals surface area contributed by atoms with Crippen molar-refractivity contribution in [3.63, 3.8) is 0 Å². The van der Waals surface area contributed by atoms with E-state index in [1.54, 1.807) is 24.3 Å². The van der Waals surface area contributed by atoms with E-state index in [1.165, 1.54) is 0 Å². The van der Waals surface area contributed by atoms with E-state index in [1.807, 2.05) is 66.7 Å². The minimum Gasteiger partial charge on any atom is -0.451 e. The van der Waals surface area contributed by atoms with Gasteiger partial charge in [0.2, 0.25) is 0 Å². The predicted octanol–water partition coefficient (Wildman–Crippen LogP) is 4.49. The van der Waals surface area contributed by atoms with Gasteiger partial charge in [-0.05, 0) is 36.1 Å². The van der Waals surface area contributed by atoms with Gasteiger partial charge in [0.25, 0.3) is 5.91 Å². The van der Waals surface area contributed by atoms with Crippen molar-refractivity contribution in [2.75, 3.05) is 0 Å². The lowest BCUT2D eigenvalue weighted by Gasteiger charge is -2.23. The Morgan fingerprint density at radius 1 is 0.806 bits per heavy atom. The maximum Gasteiger partial charge on any atom is 0.329 e. The summed E-state index contributed by atoms with van der Waals surface area (Å²) in [6.07, 6.45) is 1.30. The van der Waals surface area contributed by atoms with Crippen LogP contribution in [0.1, 0.15) is 46.9 Å². The van der Waals surface area contributed by atoms with Crippen molar-refractivity contribution in [3.05, 3.63) is 108 Å². The van der Waals surface area contributed by atoms with Gasteiger partial charge in [-0.3, -0.25) is 4.79 Å². The molecule has 0 spiro atoms. The Balaban J connectivity index is 1.80. The van der Waals surface area contributed by atoms with Gasteiger partial charge in [0, 0.05) is 12.0 Å². The van der Waals surface area contributed by atoms with E-state index in [-0.39, 0.29) is 5.91 Å². The van der Waals surface area contributed by atoms with Crippen LogP contribution in [0.4, 0.5) is 0 Å². The summed E-state index contributed by atoms with van der Waals surface area (Å²) in [4.78, 5) is 36.5. The first-order valence-electron chi connectivity index (χ1n) is 10.3. The number of esters is 1. The third kappa shape index (κ3) is 6.37. The number of carbonyl (C=O) groups is 3. The van der Waals surface area contributed by atoms with E-state index < -0.39 is 18.1 Å². The molecule has 0 aliphatic heterocycles. The maximum atomic E-state index is 13.1. The highest BCUT2D eigenvalue weighted by Gasteiger charge is 2.27. The molecule has 0 heterocycles. The minimum absolute atomic E-state index is 0.311. The quantitative estimate of drug-likeness (QED) is 0.301. The Hall–Kier alpha value is -3.73. The Kier molecular flexibility index (Phi) is 8.12. The second kappa shape index (κ2) is 11.5. The molecule has 3 aromatic carbocycles. The molecule has 31 heavy (non-hydrogen) atoms. The van der Waals surface area contributed by atoms with E-state index in [0.29, 0.717) is 24.8 Å². The fourth-order valence-electron chi connectivity index (χ4n) is 3.27. The fraction of sp³-hybridized carbons (Fsp3) is 0.192. The average Bonchev–Trinajstić information content (AvgIpc) is 2.83. The van der Waals surface area contributed by atoms with E-state index in [9.17, 15) is 14.4 Å². The first-order chi connectivity index (χ1) is 15.2. The molecule has 0 aliphatic rings. The smallest absolute Gasteiger partial charge is 0.329 e. The molecule has 0 radical (unpaired) electrons. The topological polar surface area (TPSA) is 72.5 Å². The van der Waals surface area contributed by atoms with Crippen LogP contribution >= 0.6 is 0 Å². The Morgan fingerprint density at radius 2 is 1.32 bits per heavy atom. The van der Waals surface area contributed by atoms with Crippen molar-refractivity contribution in [1.82, 2.24) is 5.32 Å². The third-order valence-electron chi connectivity index (χ3n) is 4.88. The lowest BCUT2D eigenvalue weighted by molar-refractivity contribution is -0.150. The van der Waals surface area contributed by atoms with Crippen molar-refractivity contribution in [2.24, 2.45) is 0 Å². The Labute approximate surface area is 182 Å². The lowest BCUT2D eigenvalue weighted by atomic mass is 10.0. The monoisotopic (exact) mass is 415 g/mol. The molecule has 1 N–H and O–H groups in total. The molecule has 1 unspecified atom stereocenters.